The molecule has 0 radical (unpaired) electrons. The van der Waals surface area contributed by atoms with Crippen molar-refractivity contribution in [2.45, 2.75) is 37.5 Å². The number of rotatable bonds is 6. The van der Waals surface area contributed by atoms with Gasteiger partial charge in [-0.25, -0.2) is 19.6 Å². The summed E-state index contributed by atoms with van der Waals surface area (Å²) in [6.07, 6.45) is 1.67. The molecule has 2 aromatic carbocycles. The second-order valence-corrected chi connectivity index (χ2v) is 9.73. The van der Waals surface area contributed by atoms with E-state index in [0.29, 0.717) is 29.8 Å². The minimum Gasteiger partial charge on any atom is -0.467 e. The first-order chi connectivity index (χ1) is 19.1. The molecule has 1 aromatic heterocycles. The number of anilines is 4. The fourth-order valence-corrected chi connectivity index (χ4v) is 4.90. The molecule has 0 bridgehead atoms. The van der Waals surface area contributed by atoms with Gasteiger partial charge >= 0.3 is 12.1 Å². The second kappa shape index (κ2) is 11.3. The van der Waals surface area contributed by atoms with Gasteiger partial charge in [-0.15, -0.1) is 0 Å². The van der Waals surface area contributed by atoms with Crippen molar-refractivity contribution >= 4 is 40.7 Å². The number of aromatic nitrogens is 2. The van der Waals surface area contributed by atoms with E-state index in [1.807, 2.05) is 17.0 Å². The van der Waals surface area contributed by atoms with Gasteiger partial charge < -0.3 is 15.0 Å². The molecule has 0 spiro atoms. The van der Waals surface area contributed by atoms with Crippen LogP contribution < -0.4 is 20.7 Å². The van der Waals surface area contributed by atoms with Gasteiger partial charge in [-0.2, -0.15) is 18.2 Å². The highest BCUT2D eigenvalue weighted by atomic mass is 35.5. The summed E-state index contributed by atoms with van der Waals surface area (Å²) in [4.78, 5) is 23.3. The van der Waals surface area contributed by atoms with Crippen LogP contribution in [0.3, 0.4) is 0 Å². The molecule has 40 heavy (non-hydrogen) atoms. The maximum atomic E-state index is 13.6. The zero-order valence-electron chi connectivity index (χ0n) is 21.3. The number of nitrogens with zero attached hydrogens (tertiary/aromatic N) is 4. The summed E-state index contributed by atoms with van der Waals surface area (Å²) in [5.74, 6) is -0.717. The first-order valence-electron chi connectivity index (χ1n) is 12.5. The number of esters is 1. The van der Waals surface area contributed by atoms with E-state index in [1.54, 1.807) is 12.1 Å². The second-order valence-electron chi connectivity index (χ2n) is 9.32. The van der Waals surface area contributed by atoms with Crippen LogP contribution in [0, 0.1) is 5.82 Å². The summed E-state index contributed by atoms with van der Waals surface area (Å²) in [5.41, 5.74) is 4.64. The number of alkyl halides is 3. The summed E-state index contributed by atoms with van der Waals surface area (Å²) >= 11 is 5.87. The van der Waals surface area contributed by atoms with E-state index in [0.717, 1.165) is 24.6 Å². The van der Waals surface area contributed by atoms with Gasteiger partial charge in [0.05, 0.1) is 12.1 Å². The van der Waals surface area contributed by atoms with Crippen LogP contribution in [-0.4, -0.2) is 47.9 Å². The molecule has 8 nitrogen and oxygen atoms in total. The Bertz CT molecular complexity index is 1440. The molecule has 13 heteroatoms. The van der Waals surface area contributed by atoms with Crippen molar-refractivity contribution in [3.8, 4) is 11.1 Å². The van der Waals surface area contributed by atoms with Gasteiger partial charge in [-0.1, -0.05) is 23.7 Å². The molecule has 2 unspecified atom stereocenters. The smallest absolute Gasteiger partial charge is 0.409 e. The molecular weight excluding hydrogens is 552 g/mol. The van der Waals surface area contributed by atoms with Crippen molar-refractivity contribution in [3.63, 3.8) is 0 Å². The van der Waals surface area contributed by atoms with Crippen molar-refractivity contribution in [2.24, 2.45) is 0 Å². The Morgan fingerprint density at radius 3 is 2.75 bits per heavy atom. The third-order valence-electron chi connectivity index (χ3n) is 6.70. The van der Waals surface area contributed by atoms with E-state index in [9.17, 15) is 22.4 Å². The van der Waals surface area contributed by atoms with E-state index < -0.39 is 24.1 Å². The molecule has 0 saturated carbocycles. The fraction of sp³-hybridized carbons (Fsp3) is 0.296. The predicted molar refractivity (Wildman–Crippen MR) is 144 cm³/mol. The monoisotopic (exact) mass is 576 g/mol. The highest BCUT2D eigenvalue weighted by Gasteiger charge is 2.41. The van der Waals surface area contributed by atoms with Crippen LogP contribution >= 0.6 is 11.6 Å². The number of benzene rings is 2. The highest BCUT2D eigenvalue weighted by Crippen LogP contribution is 2.36. The minimum atomic E-state index is -4.51. The van der Waals surface area contributed by atoms with Crippen LogP contribution in [0.15, 0.2) is 60.9 Å². The average Bonchev–Trinajstić information content (AvgIpc) is 3.46. The van der Waals surface area contributed by atoms with Crippen molar-refractivity contribution in [2.75, 3.05) is 28.9 Å². The Labute approximate surface area is 232 Å². The van der Waals surface area contributed by atoms with Crippen molar-refractivity contribution in [1.82, 2.24) is 15.4 Å². The van der Waals surface area contributed by atoms with Gasteiger partial charge in [0, 0.05) is 35.9 Å². The largest absolute Gasteiger partial charge is 0.467 e. The normalized spacial score (nSPS) is 19.1. The number of halogens is 5. The Morgan fingerprint density at radius 1 is 1.20 bits per heavy atom. The zero-order chi connectivity index (χ0) is 28.4. The van der Waals surface area contributed by atoms with Crippen molar-refractivity contribution < 1.29 is 27.1 Å². The summed E-state index contributed by atoms with van der Waals surface area (Å²) in [6.45, 7) is 0.652. The molecule has 2 aliphatic heterocycles. The molecule has 210 valence electrons. The molecular formula is C27H25ClF4N6O2. The van der Waals surface area contributed by atoms with Gasteiger partial charge in [-0.3, -0.25) is 5.01 Å². The summed E-state index contributed by atoms with van der Waals surface area (Å²) in [7, 11) is 1.36. The van der Waals surface area contributed by atoms with Crippen LogP contribution in [-0.2, 0) is 9.53 Å². The van der Waals surface area contributed by atoms with Crippen LogP contribution in [0.25, 0.3) is 11.1 Å². The topological polar surface area (TPSA) is 82.6 Å². The average molecular weight is 577 g/mol. The number of hydrogen-bond donors (Lipinski definition) is 2. The molecule has 1 saturated heterocycles. The first-order valence-corrected chi connectivity index (χ1v) is 12.9. The number of carbonyl (C=O) groups is 1. The third-order valence-corrected chi connectivity index (χ3v) is 6.99. The number of carbonyl (C=O) groups excluding carboxylic acids is 1. The molecule has 2 atom stereocenters. The van der Waals surface area contributed by atoms with Crippen LogP contribution in [0.2, 0.25) is 5.02 Å². The third kappa shape index (κ3) is 5.82. The maximum Gasteiger partial charge on any atom is 0.409 e. The lowest BCUT2D eigenvalue weighted by Crippen LogP contribution is -2.45. The van der Waals surface area contributed by atoms with Gasteiger partial charge in [0.1, 0.15) is 17.9 Å². The van der Waals surface area contributed by atoms with E-state index in [-0.39, 0.29) is 22.8 Å². The Morgan fingerprint density at radius 2 is 2.02 bits per heavy atom. The van der Waals surface area contributed by atoms with Crippen LogP contribution in [0.1, 0.15) is 19.3 Å². The lowest BCUT2D eigenvalue weighted by molar-refractivity contribution is -0.143. The number of methoxy groups -OCH3 is 1. The fourth-order valence-electron chi connectivity index (χ4n) is 4.72. The van der Waals surface area contributed by atoms with E-state index in [1.165, 1.54) is 42.7 Å². The first kappa shape index (κ1) is 27.7. The van der Waals surface area contributed by atoms with Gasteiger partial charge in [0.25, 0.3) is 0 Å². The number of piperidine rings is 1. The molecule has 3 aromatic rings. The quantitative estimate of drug-likeness (QED) is 0.274. The number of ether oxygens (including phenoxy) is 1. The molecule has 0 amide bonds. The summed E-state index contributed by atoms with van der Waals surface area (Å²) < 4.78 is 58.9. The lowest BCUT2D eigenvalue weighted by atomic mass is 10.00. The van der Waals surface area contributed by atoms with Gasteiger partial charge in [0.2, 0.25) is 5.95 Å². The molecule has 2 N–H and O–H groups in total. The van der Waals surface area contributed by atoms with E-state index in [2.05, 4.69) is 20.7 Å². The number of hydrogen-bond acceptors (Lipinski definition) is 8. The van der Waals surface area contributed by atoms with Gasteiger partial charge in [-0.05, 0) is 61.2 Å². The number of nitrogens with one attached hydrogen (secondary N) is 2. The number of hydrazine groups is 1. The van der Waals surface area contributed by atoms with Crippen LogP contribution in [0.4, 0.5) is 40.7 Å². The van der Waals surface area contributed by atoms with Gasteiger partial charge in [0.15, 0.2) is 5.82 Å². The highest BCUT2D eigenvalue weighted by molar-refractivity contribution is 6.31. The summed E-state index contributed by atoms with van der Waals surface area (Å²) in [6, 6.07) is 8.92. The Balaban J connectivity index is 1.52. The predicted octanol–water partition coefficient (Wildman–Crippen LogP) is 5.98. The van der Waals surface area contributed by atoms with Crippen LogP contribution in [0.5, 0.6) is 0 Å². The van der Waals surface area contributed by atoms with Crippen molar-refractivity contribution in [3.05, 3.63) is 71.8 Å². The van der Waals surface area contributed by atoms with Crippen molar-refractivity contribution in [1.29, 1.82) is 0 Å². The molecule has 5 rings (SSSR count). The molecule has 2 aliphatic rings. The molecule has 3 heterocycles. The SMILES string of the molecule is COC(=O)C1CCCCN1c1cccc(-c2cnc(Nc3ccc(F)c(Cl)c3)nc2N2C=CC(C(F)(F)F)N2)c1. The molecule has 0 aliphatic carbocycles. The molecule has 1 fully saturated rings. The zero-order valence-corrected chi connectivity index (χ0v) is 22.0. The Kier molecular flexibility index (Phi) is 7.81. The minimum absolute atomic E-state index is 0.0602. The van der Waals surface area contributed by atoms with E-state index in [4.69, 9.17) is 16.3 Å². The maximum absolute atomic E-state index is 13.6. The summed E-state index contributed by atoms with van der Waals surface area (Å²) in [5, 5.41) is 3.98. The lowest BCUT2D eigenvalue weighted by Gasteiger charge is -2.35. The Hall–Kier alpha value is -3.90. The standard InChI is InChI=1S/C27H25ClF4N6O2/c1-40-25(39)22-7-2-3-11-37(22)18-6-4-5-16(13-18)19-15-33-26(34-17-8-9-21(29)20(28)14-17)35-24(19)38-12-10-23(36-38)27(30,31)32/h4-6,8-10,12-15,22-23,36H,2-3,7,11H2,1H3,(H,33,34,35). The van der Waals surface area contributed by atoms with E-state index >= 15 is 0 Å².